The monoisotopic (exact) mass is 380 g/mol. The van der Waals surface area contributed by atoms with Gasteiger partial charge < -0.3 is 9.32 Å². The third-order valence-electron chi connectivity index (χ3n) is 3.25. The fourth-order valence-electron chi connectivity index (χ4n) is 2.07. The molecule has 126 valence electrons. The van der Waals surface area contributed by atoms with Gasteiger partial charge in [0.05, 0.1) is 16.5 Å². The van der Waals surface area contributed by atoms with Crippen molar-refractivity contribution in [2.24, 2.45) is 0 Å². The molecule has 24 heavy (non-hydrogen) atoms. The molecule has 0 unspecified atom stereocenters. The van der Waals surface area contributed by atoms with Crippen LogP contribution in [-0.4, -0.2) is 38.8 Å². The first-order valence-electron chi connectivity index (χ1n) is 7.18. The summed E-state index contributed by atoms with van der Waals surface area (Å²) in [6.07, 6.45) is 0. The number of nitrogens with zero attached hydrogens (tertiary/aromatic N) is 4. The number of thioether (sulfide) groups is 1. The Bertz CT molecular complexity index is 826. The van der Waals surface area contributed by atoms with E-state index in [-0.39, 0.29) is 11.7 Å². The molecule has 0 saturated carbocycles. The lowest BCUT2D eigenvalue weighted by Gasteiger charge is -2.15. The Labute approximate surface area is 151 Å². The largest absolute Gasteiger partial charge is 0.410 e. The fraction of sp³-hybridized carbons (Fsp3) is 0.333. The van der Waals surface area contributed by atoms with Crippen LogP contribution in [0.15, 0.2) is 26.5 Å². The van der Waals surface area contributed by atoms with Crippen LogP contribution >= 0.6 is 34.4 Å². The highest BCUT2D eigenvalue weighted by atomic mass is 32.2. The molecule has 3 aromatic heterocycles. The molecule has 0 fully saturated rings. The first-order valence-corrected chi connectivity index (χ1v) is 9.93. The van der Waals surface area contributed by atoms with Crippen LogP contribution < -0.4 is 0 Å². The Morgan fingerprint density at radius 3 is 2.88 bits per heavy atom. The van der Waals surface area contributed by atoms with E-state index in [1.165, 1.54) is 23.1 Å². The van der Waals surface area contributed by atoms with E-state index in [0.717, 1.165) is 21.1 Å². The number of carbonyl (C=O) groups is 1. The summed E-state index contributed by atoms with van der Waals surface area (Å²) in [5.74, 6) is 0.749. The van der Waals surface area contributed by atoms with E-state index in [1.807, 2.05) is 30.7 Å². The molecule has 3 heterocycles. The molecule has 0 spiro atoms. The Balaban J connectivity index is 1.57. The minimum Gasteiger partial charge on any atom is -0.410 e. The second-order valence-corrected chi connectivity index (χ2v) is 8.10. The van der Waals surface area contributed by atoms with Crippen molar-refractivity contribution < 1.29 is 9.21 Å². The maximum atomic E-state index is 12.2. The zero-order valence-corrected chi connectivity index (χ0v) is 15.9. The normalized spacial score (nSPS) is 11.0. The number of thiophene rings is 1. The Morgan fingerprint density at radius 1 is 1.38 bits per heavy atom. The number of aryl methyl sites for hydroxylation is 2. The van der Waals surface area contributed by atoms with E-state index in [9.17, 15) is 4.79 Å². The van der Waals surface area contributed by atoms with Crippen LogP contribution in [0.4, 0.5) is 0 Å². The molecule has 3 aromatic rings. The number of rotatable bonds is 6. The second-order valence-electron chi connectivity index (χ2n) is 5.19. The van der Waals surface area contributed by atoms with Gasteiger partial charge in [-0.15, -0.1) is 21.5 Å². The summed E-state index contributed by atoms with van der Waals surface area (Å²) in [6.45, 7) is 4.46. The molecule has 0 aliphatic heterocycles. The van der Waals surface area contributed by atoms with Gasteiger partial charge in [0.2, 0.25) is 5.91 Å². The summed E-state index contributed by atoms with van der Waals surface area (Å²) in [5.41, 5.74) is 2.02. The lowest BCUT2D eigenvalue weighted by Crippen LogP contribution is -2.27. The Hall–Kier alpha value is -1.71. The van der Waals surface area contributed by atoms with Gasteiger partial charge in [0.15, 0.2) is 0 Å². The van der Waals surface area contributed by atoms with Crippen LogP contribution in [0.5, 0.6) is 0 Å². The summed E-state index contributed by atoms with van der Waals surface area (Å²) in [4.78, 5) is 19.1. The van der Waals surface area contributed by atoms with E-state index < -0.39 is 0 Å². The Morgan fingerprint density at radius 2 is 2.21 bits per heavy atom. The van der Waals surface area contributed by atoms with Crippen LogP contribution in [0.2, 0.25) is 0 Å². The fourth-order valence-corrected chi connectivity index (χ4v) is 4.27. The highest BCUT2D eigenvalue weighted by molar-refractivity contribution is 7.99. The van der Waals surface area contributed by atoms with Crippen molar-refractivity contribution in [2.75, 3.05) is 12.8 Å². The highest BCUT2D eigenvalue weighted by Crippen LogP contribution is 2.30. The van der Waals surface area contributed by atoms with Crippen molar-refractivity contribution in [3.63, 3.8) is 0 Å². The van der Waals surface area contributed by atoms with Gasteiger partial charge >= 0.3 is 0 Å². The van der Waals surface area contributed by atoms with Gasteiger partial charge in [-0.1, -0.05) is 11.8 Å². The minimum absolute atomic E-state index is 0.0239. The Kier molecular flexibility index (Phi) is 5.32. The summed E-state index contributed by atoms with van der Waals surface area (Å²) in [5, 5.41) is 13.5. The van der Waals surface area contributed by atoms with Crippen LogP contribution in [-0.2, 0) is 11.3 Å². The molecule has 0 bridgehead atoms. The third kappa shape index (κ3) is 4.03. The molecule has 0 aromatic carbocycles. The van der Waals surface area contributed by atoms with Crippen molar-refractivity contribution in [3.05, 3.63) is 33.1 Å². The second kappa shape index (κ2) is 7.45. The van der Waals surface area contributed by atoms with Crippen LogP contribution in [0, 0.1) is 13.8 Å². The van der Waals surface area contributed by atoms with Gasteiger partial charge in [-0.3, -0.25) is 4.79 Å². The zero-order chi connectivity index (χ0) is 17.1. The minimum atomic E-state index is 0.0239. The number of carbonyl (C=O) groups excluding carboxylic acids is 1. The maximum Gasteiger partial charge on any atom is 0.277 e. The van der Waals surface area contributed by atoms with Gasteiger partial charge in [-0.2, -0.15) is 11.3 Å². The first kappa shape index (κ1) is 17.1. The lowest BCUT2D eigenvalue weighted by molar-refractivity contribution is -0.127. The van der Waals surface area contributed by atoms with Gasteiger partial charge in [0.25, 0.3) is 11.1 Å². The molecule has 0 atom stereocenters. The van der Waals surface area contributed by atoms with Gasteiger partial charge in [0, 0.05) is 13.6 Å². The quantitative estimate of drug-likeness (QED) is 0.608. The SMILES string of the molecule is Cc1nc(C)c(-c2nnc(SCC(=O)N(C)Cc3ccsc3)o2)s1. The van der Waals surface area contributed by atoms with E-state index in [1.54, 1.807) is 23.3 Å². The van der Waals surface area contributed by atoms with Gasteiger partial charge in [-0.05, 0) is 36.2 Å². The number of thiazole rings is 1. The molecule has 0 aliphatic carbocycles. The van der Waals surface area contributed by atoms with Crippen molar-refractivity contribution in [1.82, 2.24) is 20.1 Å². The van der Waals surface area contributed by atoms with Crippen LogP contribution in [0.3, 0.4) is 0 Å². The molecular weight excluding hydrogens is 364 g/mol. The van der Waals surface area contributed by atoms with Crippen molar-refractivity contribution in [1.29, 1.82) is 0 Å². The summed E-state index contributed by atoms with van der Waals surface area (Å²) in [6, 6.07) is 2.02. The van der Waals surface area contributed by atoms with E-state index in [0.29, 0.717) is 17.7 Å². The molecule has 0 N–H and O–H groups in total. The molecule has 3 rings (SSSR count). The average molecular weight is 381 g/mol. The predicted octanol–water partition coefficient (Wildman–Crippen LogP) is 3.62. The van der Waals surface area contributed by atoms with Crippen LogP contribution in [0.1, 0.15) is 16.3 Å². The number of aromatic nitrogens is 3. The smallest absolute Gasteiger partial charge is 0.277 e. The lowest BCUT2D eigenvalue weighted by atomic mass is 10.3. The van der Waals surface area contributed by atoms with Crippen molar-refractivity contribution >= 4 is 40.3 Å². The predicted molar refractivity (Wildman–Crippen MR) is 96.4 cm³/mol. The summed E-state index contributed by atoms with van der Waals surface area (Å²) >= 11 is 4.40. The van der Waals surface area contributed by atoms with Crippen molar-refractivity contribution in [3.8, 4) is 10.8 Å². The maximum absolute atomic E-state index is 12.2. The number of hydrogen-bond acceptors (Lipinski definition) is 8. The summed E-state index contributed by atoms with van der Waals surface area (Å²) in [7, 11) is 1.79. The molecular formula is C15H16N4O2S3. The molecule has 0 saturated heterocycles. The molecule has 9 heteroatoms. The number of amides is 1. The number of hydrogen-bond donors (Lipinski definition) is 0. The van der Waals surface area contributed by atoms with Crippen LogP contribution in [0.25, 0.3) is 10.8 Å². The zero-order valence-electron chi connectivity index (χ0n) is 13.5. The third-order valence-corrected chi connectivity index (χ3v) is 5.85. The molecule has 1 amide bonds. The molecule has 0 aliphatic rings. The van der Waals surface area contributed by atoms with Crippen molar-refractivity contribution in [2.45, 2.75) is 25.6 Å². The van der Waals surface area contributed by atoms with E-state index in [4.69, 9.17) is 4.42 Å². The standard InChI is InChI=1S/C15H16N4O2S3/c1-9-13(24-10(2)16-9)14-17-18-15(21-14)23-8-12(20)19(3)6-11-4-5-22-7-11/h4-5,7H,6,8H2,1-3H3. The summed E-state index contributed by atoms with van der Waals surface area (Å²) < 4.78 is 5.64. The van der Waals surface area contributed by atoms with Gasteiger partial charge in [0.1, 0.15) is 4.88 Å². The molecule has 6 nitrogen and oxygen atoms in total. The first-order chi connectivity index (χ1) is 11.5. The van der Waals surface area contributed by atoms with Gasteiger partial charge in [-0.25, -0.2) is 4.98 Å². The van der Waals surface area contributed by atoms with E-state index >= 15 is 0 Å². The highest BCUT2D eigenvalue weighted by Gasteiger charge is 2.17. The average Bonchev–Trinajstić information content (AvgIpc) is 3.26. The molecule has 0 radical (unpaired) electrons. The topological polar surface area (TPSA) is 72.1 Å². The van der Waals surface area contributed by atoms with E-state index in [2.05, 4.69) is 15.2 Å².